The first-order valence-corrected chi connectivity index (χ1v) is 13.6. The van der Waals surface area contributed by atoms with Crippen LogP contribution in [0.1, 0.15) is 88.2 Å². The maximum Gasteiger partial charge on any atom is 0.119 e. The molecule has 0 aliphatic heterocycles. The first kappa shape index (κ1) is 29.2. The lowest BCUT2D eigenvalue weighted by atomic mass is 10.1. The van der Waals surface area contributed by atoms with E-state index < -0.39 is 0 Å². The number of nitrogens with one attached hydrogen (secondary N) is 2. The van der Waals surface area contributed by atoms with E-state index in [1.165, 1.54) is 49.7 Å². The van der Waals surface area contributed by atoms with Crippen LogP contribution in [-0.2, 0) is 12.8 Å². The lowest BCUT2D eigenvalue weighted by molar-refractivity contribution is 0.301. The third-order valence-electron chi connectivity index (χ3n) is 6.25. The number of amidine groups is 2. The summed E-state index contributed by atoms with van der Waals surface area (Å²) in [4.78, 5) is 0. The molecule has 2 aromatic carbocycles. The van der Waals surface area contributed by atoms with Crippen LogP contribution in [0.5, 0.6) is 11.5 Å². The molecule has 0 fully saturated rings. The van der Waals surface area contributed by atoms with Gasteiger partial charge in [-0.1, -0.05) is 62.8 Å². The van der Waals surface area contributed by atoms with E-state index in [-0.39, 0.29) is 11.7 Å². The molecular weight excluding hydrogens is 448 g/mol. The van der Waals surface area contributed by atoms with Crippen LogP contribution in [0.15, 0.2) is 48.5 Å². The number of hydrogen-bond acceptors (Lipinski definition) is 4. The van der Waals surface area contributed by atoms with E-state index in [9.17, 15) is 0 Å². The Morgan fingerprint density at radius 3 is 1.17 bits per heavy atom. The number of hydrogen-bond donors (Lipinski definition) is 4. The molecule has 2 rings (SSSR count). The third kappa shape index (κ3) is 14.4. The van der Waals surface area contributed by atoms with Gasteiger partial charge in [0.1, 0.15) is 11.5 Å². The van der Waals surface area contributed by atoms with Crippen molar-refractivity contribution in [2.24, 2.45) is 11.5 Å². The van der Waals surface area contributed by atoms with E-state index in [2.05, 4.69) is 24.3 Å². The fraction of sp³-hybridized carbons (Fsp3) is 0.533. The second-order valence-electron chi connectivity index (χ2n) is 9.57. The highest BCUT2D eigenvalue weighted by molar-refractivity contribution is 5.77. The van der Waals surface area contributed by atoms with Gasteiger partial charge in [0.2, 0.25) is 0 Å². The van der Waals surface area contributed by atoms with Crippen molar-refractivity contribution in [3.05, 3.63) is 59.7 Å². The molecule has 6 N–H and O–H groups in total. The second kappa shape index (κ2) is 18.3. The van der Waals surface area contributed by atoms with Crippen molar-refractivity contribution in [3.63, 3.8) is 0 Å². The summed E-state index contributed by atoms with van der Waals surface area (Å²) < 4.78 is 11.7. The van der Waals surface area contributed by atoms with E-state index >= 15 is 0 Å². The van der Waals surface area contributed by atoms with Crippen LogP contribution in [-0.4, -0.2) is 24.9 Å². The van der Waals surface area contributed by atoms with Gasteiger partial charge in [-0.2, -0.15) is 0 Å². The van der Waals surface area contributed by atoms with Crippen molar-refractivity contribution >= 4 is 11.7 Å². The molecule has 36 heavy (non-hydrogen) atoms. The maximum absolute atomic E-state index is 7.28. The minimum atomic E-state index is 0.262. The molecular formula is C30H46N4O2. The summed E-state index contributed by atoms with van der Waals surface area (Å²) in [5.74, 6) is 2.40. The van der Waals surface area contributed by atoms with Crippen LogP contribution in [0.3, 0.4) is 0 Å². The molecule has 0 bridgehead atoms. The fourth-order valence-corrected chi connectivity index (χ4v) is 4.12. The number of rotatable bonds is 21. The van der Waals surface area contributed by atoms with Gasteiger partial charge < -0.3 is 20.9 Å². The lowest BCUT2D eigenvalue weighted by Crippen LogP contribution is -2.09. The zero-order chi connectivity index (χ0) is 25.8. The number of unbranched alkanes of at least 4 members (excludes halogenated alkanes) is 7. The molecule has 0 unspecified atom stereocenters. The lowest BCUT2D eigenvalue weighted by Gasteiger charge is -2.08. The number of nitrogens with two attached hydrogens (primary N) is 2. The van der Waals surface area contributed by atoms with E-state index in [0.717, 1.165) is 63.2 Å². The Labute approximate surface area is 217 Å². The molecule has 0 saturated carbocycles. The summed E-state index contributed by atoms with van der Waals surface area (Å²) in [6.07, 6.45) is 14.8. The van der Waals surface area contributed by atoms with Crippen molar-refractivity contribution in [1.29, 1.82) is 10.8 Å². The number of benzene rings is 2. The summed E-state index contributed by atoms with van der Waals surface area (Å²) in [7, 11) is 0. The van der Waals surface area contributed by atoms with Gasteiger partial charge in [-0.15, -0.1) is 0 Å². The van der Waals surface area contributed by atoms with Gasteiger partial charge >= 0.3 is 0 Å². The number of aryl methyl sites for hydroxylation is 2. The fourth-order valence-electron chi connectivity index (χ4n) is 4.12. The largest absolute Gasteiger partial charge is 0.494 e. The van der Waals surface area contributed by atoms with Crippen LogP contribution in [0.25, 0.3) is 0 Å². The van der Waals surface area contributed by atoms with Crippen LogP contribution >= 0.6 is 0 Å². The van der Waals surface area contributed by atoms with Crippen molar-refractivity contribution < 1.29 is 9.47 Å². The van der Waals surface area contributed by atoms with Gasteiger partial charge in [0.25, 0.3) is 0 Å². The molecule has 6 nitrogen and oxygen atoms in total. The van der Waals surface area contributed by atoms with Crippen molar-refractivity contribution in [1.82, 2.24) is 0 Å². The topological polar surface area (TPSA) is 118 Å². The highest BCUT2D eigenvalue weighted by Gasteiger charge is 2.00. The predicted molar refractivity (Wildman–Crippen MR) is 151 cm³/mol. The van der Waals surface area contributed by atoms with Gasteiger partial charge in [-0.3, -0.25) is 10.8 Å². The van der Waals surface area contributed by atoms with Crippen LogP contribution < -0.4 is 20.9 Å². The minimum absolute atomic E-state index is 0.262. The van der Waals surface area contributed by atoms with Gasteiger partial charge in [-0.25, -0.2) is 0 Å². The zero-order valence-corrected chi connectivity index (χ0v) is 21.9. The van der Waals surface area contributed by atoms with Crippen LogP contribution in [0, 0.1) is 10.8 Å². The van der Waals surface area contributed by atoms with Crippen LogP contribution in [0.2, 0.25) is 0 Å². The third-order valence-corrected chi connectivity index (χ3v) is 6.25. The average Bonchev–Trinajstić information content (AvgIpc) is 2.86. The normalized spacial score (nSPS) is 10.8. The molecule has 0 saturated heterocycles. The van der Waals surface area contributed by atoms with E-state index in [4.69, 9.17) is 31.8 Å². The molecule has 0 aromatic heterocycles. The summed E-state index contributed by atoms with van der Waals surface area (Å²) in [5.41, 5.74) is 13.3. The van der Waals surface area contributed by atoms with Gasteiger partial charge in [-0.05, 0) is 73.9 Å². The number of ether oxygens (including phenoxy) is 2. The molecule has 0 spiro atoms. The van der Waals surface area contributed by atoms with E-state index in [1.807, 2.05) is 24.3 Å². The van der Waals surface area contributed by atoms with Gasteiger partial charge in [0.05, 0.1) is 24.9 Å². The summed E-state index contributed by atoms with van der Waals surface area (Å²) in [5, 5.41) is 14.6. The van der Waals surface area contributed by atoms with Crippen LogP contribution in [0.4, 0.5) is 0 Å². The highest BCUT2D eigenvalue weighted by atomic mass is 16.5. The molecule has 198 valence electrons. The Kier molecular flexibility index (Phi) is 14.8. The second-order valence-corrected chi connectivity index (χ2v) is 9.57. The molecule has 0 radical (unpaired) electrons. The van der Waals surface area contributed by atoms with E-state index in [0.29, 0.717) is 12.8 Å². The first-order valence-electron chi connectivity index (χ1n) is 13.6. The smallest absolute Gasteiger partial charge is 0.119 e. The highest BCUT2D eigenvalue weighted by Crippen LogP contribution is 2.16. The van der Waals surface area contributed by atoms with Gasteiger partial charge in [0.15, 0.2) is 0 Å². The molecule has 0 aliphatic rings. The SMILES string of the molecule is N=C(N)CCCc1ccc(OCCCCCCCCCCOc2ccc(CCCC(=N)N)cc2)cc1. The Morgan fingerprint density at radius 1 is 0.500 bits per heavy atom. The summed E-state index contributed by atoms with van der Waals surface area (Å²) in [6.45, 7) is 1.56. The van der Waals surface area contributed by atoms with Crippen molar-refractivity contribution in [2.45, 2.75) is 89.9 Å². The molecule has 0 atom stereocenters. The Balaban J connectivity index is 1.38. The molecule has 0 aliphatic carbocycles. The average molecular weight is 495 g/mol. The monoisotopic (exact) mass is 494 g/mol. The zero-order valence-electron chi connectivity index (χ0n) is 21.9. The van der Waals surface area contributed by atoms with E-state index in [1.54, 1.807) is 0 Å². The minimum Gasteiger partial charge on any atom is -0.494 e. The predicted octanol–water partition coefficient (Wildman–Crippen LogP) is 6.78. The molecule has 6 heteroatoms. The molecule has 2 aromatic rings. The quantitative estimate of drug-likeness (QED) is 0.0868. The Morgan fingerprint density at radius 2 is 0.833 bits per heavy atom. The molecule has 0 heterocycles. The molecule has 0 amide bonds. The summed E-state index contributed by atoms with van der Waals surface area (Å²) in [6, 6.07) is 16.6. The van der Waals surface area contributed by atoms with Crippen molar-refractivity contribution in [3.8, 4) is 11.5 Å². The van der Waals surface area contributed by atoms with Crippen molar-refractivity contribution in [2.75, 3.05) is 13.2 Å². The Hall–Kier alpha value is -3.02. The first-order chi connectivity index (χ1) is 17.5. The standard InChI is InChI=1S/C30H46N4O2/c31-29(32)13-9-11-25-15-19-27(20-16-25)35-23-7-5-3-1-2-4-6-8-24-36-28-21-17-26(18-22-28)12-10-14-30(33)34/h15-22H,1-14,23-24H2,(H3,31,32)(H3,33,34). The summed E-state index contributed by atoms with van der Waals surface area (Å²) >= 11 is 0. The Bertz CT molecular complexity index is 792. The van der Waals surface area contributed by atoms with Gasteiger partial charge in [0, 0.05) is 12.8 Å². The maximum atomic E-state index is 7.28.